The fraction of sp³-hybridized carbons (Fsp3) is 0.692. The zero-order valence-electron chi connectivity index (χ0n) is 11.1. The maximum atomic E-state index is 11.1. The molecule has 1 aliphatic rings. The molecule has 0 radical (unpaired) electrons. The molecule has 0 aliphatic heterocycles. The number of carboxylic acids is 1. The minimum absolute atomic E-state index is 0.333. The molecule has 1 aromatic rings. The van der Waals surface area contributed by atoms with Gasteiger partial charge in [-0.3, -0.25) is 9.58 Å². The molecule has 2 rings (SSSR count). The minimum Gasteiger partial charge on any atom is -0.478 e. The van der Waals surface area contributed by atoms with Crippen LogP contribution < -0.4 is 0 Å². The summed E-state index contributed by atoms with van der Waals surface area (Å²) in [6, 6.07) is 0.646. The Kier molecular flexibility index (Phi) is 4.01. The van der Waals surface area contributed by atoms with E-state index in [1.54, 1.807) is 4.68 Å². The number of carbonyl (C=O) groups is 1. The standard InChI is InChI=1S/C13H21N3O2/c1-3-4-7-16(10-5-6-10)9-12-11(13(17)18)8-14-15(12)2/h8,10H,3-7,9H2,1-2H3,(H,17,18). The highest BCUT2D eigenvalue weighted by Crippen LogP contribution is 2.29. The maximum absolute atomic E-state index is 11.1. The largest absolute Gasteiger partial charge is 0.478 e. The van der Waals surface area contributed by atoms with E-state index in [0.29, 0.717) is 18.2 Å². The van der Waals surface area contributed by atoms with Crippen LogP contribution in [0.3, 0.4) is 0 Å². The quantitative estimate of drug-likeness (QED) is 0.804. The summed E-state index contributed by atoms with van der Waals surface area (Å²) in [6.07, 6.45) is 6.26. The van der Waals surface area contributed by atoms with E-state index in [1.165, 1.54) is 25.5 Å². The van der Waals surface area contributed by atoms with Gasteiger partial charge in [0.05, 0.1) is 11.9 Å². The Balaban J connectivity index is 2.10. The summed E-state index contributed by atoms with van der Waals surface area (Å²) in [7, 11) is 1.81. The molecule has 1 aromatic heterocycles. The Labute approximate surface area is 107 Å². The highest BCUT2D eigenvalue weighted by Gasteiger charge is 2.30. The van der Waals surface area contributed by atoms with Gasteiger partial charge in [0.15, 0.2) is 0 Å². The van der Waals surface area contributed by atoms with Crippen molar-refractivity contribution in [3.63, 3.8) is 0 Å². The molecule has 1 N–H and O–H groups in total. The SMILES string of the molecule is CCCCN(Cc1c(C(=O)O)cnn1C)C1CC1. The summed E-state index contributed by atoms with van der Waals surface area (Å²) >= 11 is 0. The van der Waals surface area contributed by atoms with Crippen molar-refractivity contribution >= 4 is 5.97 Å². The first-order chi connectivity index (χ1) is 8.63. The van der Waals surface area contributed by atoms with Crippen LogP contribution in [0.15, 0.2) is 6.20 Å². The molecule has 0 amide bonds. The summed E-state index contributed by atoms with van der Waals surface area (Å²) in [6.45, 7) is 3.92. The molecule has 0 atom stereocenters. The third-order valence-corrected chi connectivity index (χ3v) is 3.51. The molecule has 0 spiro atoms. The van der Waals surface area contributed by atoms with Crippen molar-refractivity contribution in [2.45, 2.75) is 45.2 Å². The van der Waals surface area contributed by atoms with Gasteiger partial charge in [0, 0.05) is 19.6 Å². The monoisotopic (exact) mass is 251 g/mol. The Morgan fingerprint density at radius 3 is 2.89 bits per heavy atom. The summed E-state index contributed by atoms with van der Waals surface area (Å²) in [5, 5.41) is 13.2. The van der Waals surface area contributed by atoms with Gasteiger partial charge < -0.3 is 5.11 Å². The second-order valence-corrected chi connectivity index (χ2v) is 4.99. The second-order valence-electron chi connectivity index (χ2n) is 4.99. The van der Waals surface area contributed by atoms with E-state index in [9.17, 15) is 4.79 Å². The normalized spacial score (nSPS) is 15.3. The van der Waals surface area contributed by atoms with Crippen molar-refractivity contribution in [1.29, 1.82) is 0 Å². The van der Waals surface area contributed by atoms with Gasteiger partial charge in [-0.1, -0.05) is 13.3 Å². The number of unbranched alkanes of at least 4 members (excludes halogenated alkanes) is 1. The van der Waals surface area contributed by atoms with Crippen molar-refractivity contribution in [1.82, 2.24) is 14.7 Å². The lowest BCUT2D eigenvalue weighted by atomic mass is 10.2. The van der Waals surface area contributed by atoms with Crippen LogP contribution in [0.4, 0.5) is 0 Å². The van der Waals surface area contributed by atoms with Crippen molar-refractivity contribution < 1.29 is 9.90 Å². The van der Waals surface area contributed by atoms with Crippen molar-refractivity contribution in [3.8, 4) is 0 Å². The first-order valence-corrected chi connectivity index (χ1v) is 6.61. The number of hydrogen-bond donors (Lipinski definition) is 1. The predicted octanol–water partition coefficient (Wildman–Crippen LogP) is 1.88. The van der Waals surface area contributed by atoms with Crippen LogP contribution in [-0.2, 0) is 13.6 Å². The van der Waals surface area contributed by atoms with Gasteiger partial charge in [-0.05, 0) is 25.8 Å². The zero-order valence-corrected chi connectivity index (χ0v) is 11.1. The van der Waals surface area contributed by atoms with Gasteiger partial charge in [0.2, 0.25) is 0 Å². The van der Waals surface area contributed by atoms with Crippen LogP contribution in [0.5, 0.6) is 0 Å². The number of hydrogen-bond acceptors (Lipinski definition) is 3. The number of aromatic carboxylic acids is 1. The fourth-order valence-electron chi connectivity index (χ4n) is 2.21. The van der Waals surface area contributed by atoms with Gasteiger partial charge in [-0.2, -0.15) is 5.10 Å². The topological polar surface area (TPSA) is 58.4 Å². The van der Waals surface area contributed by atoms with E-state index >= 15 is 0 Å². The molecular weight excluding hydrogens is 230 g/mol. The molecule has 5 nitrogen and oxygen atoms in total. The maximum Gasteiger partial charge on any atom is 0.339 e. The van der Waals surface area contributed by atoms with Gasteiger partial charge >= 0.3 is 5.97 Å². The van der Waals surface area contributed by atoms with E-state index in [2.05, 4.69) is 16.9 Å². The van der Waals surface area contributed by atoms with Crippen LogP contribution in [0.2, 0.25) is 0 Å². The molecule has 0 aromatic carbocycles. The Bertz CT molecular complexity index is 424. The number of aryl methyl sites for hydroxylation is 1. The number of nitrogens with zero attached hydrogens (tertiary/aromatic N) is 3. The zero-order chi connectivity index (χ0) is 13.1. The average molecular weight is 251 g/mol. The van der Waals surface area contributed by atoms with E-state index < -0.39 is 5.97 Å². The molecule has 1 aliphatic carbocycles. The van der Waals surface area contributed by atoms with Crippen LogP contribution in [0.25, 0.3) is 0 Å². The number of rotatable bonds is 7. The average Bonchev–Trinajstić information content (AvgIpc) is 3.10. The molecule has 18 heavy (non-hydrogen) atoms. The predicted molar refractivity (Wildman–Crippen MR) is 68.5 cm³/mol. The molecule has 1 saturated carbocycles. The molecule has 1 heterocycles. The van der Waals surface area contributed by atoms with Gasteiger partial charge in [0.1, 0.15) is 5.56 Å². The smallest absolute Gasteiger partial charge is 0.339 e. The van der Waals surface area contributed by atoms with E-state index in [0.717, 1.165) is 18.7 Å². The molecule has 0 bridgehead atoms. The van der Waals surface area contributed by atoms with Crippen LogP contribution in [0.1, 0.15) is 48.7 Å². The van der Waals surface area contributed by atoms with Crippen LogP contribution in [-0.4, -0.2) is 38.3 Å². The molecule has 100 valence electrons. The second kappa shape index (κ2) is 5.52. The third kappa shape index (κ3) is 2.90. The molecule has 5 heteroatoms. The lowest BCUT2D eigenvalue weighted by Gasteiger charge is -2.22. The first kappa shape index (κ1) is 13.1. The summed E-state index contributed by atoms with van der Waals surface area (Å²) < 4.78 is 1.69. The highest BCUT2D eigenvalue weighted by molar-refractivity contribution is 5.88. The Morgan fingerprint density at radius 2 is 2.33 bits per heavy atom. The van der Waals surface area contributed by atoms with Gasteiger partial charge in [-0.15, -0.1) is 0 Å². The van der Waals surface area contributed by atoms with E-state index in [1.807, 2.05) is 7.05 Å². The number of aromatic nitrogens is 2. The third-order valence-electron chi connectivity index (χ3n) is 3.51. The fourth-order valence-corrected chi connectivity index (χ4v) is 2.21. The van der Waals surface area contributed by atoms with Crippen molar-refractivity contribution in [3.05, 3.63) is 17.5 Å². The van der Waals surface area contributed by atoms with Gasteiger partial charge in [-0.25, -0.2) is 4.79 Å². The minimum atomic E-state index is -0.885. The van der Waals surface area contributed by atoms with Gasteiger partial charge in [0.25, 0.3) is 0 Å². The summed E-state index contributed by atoms with van der Waals surface area (Å²) in [4.78, 5) is 13.5. The van der Waals surface area contributed by atoms with Crippen molar-refractivity contribution in [2.75, 3.05) is 6.54 Å². The molecule has 0 unspecified atom stereocenters. The van der Waals surface area contributed by atoms with E-state index in [-0.39, 0.29) is 0 Å². The summed E-state index contributed by atoms with van der Waals surface area (Å²) in [5.74, 6) is -0.885. The lowest BCUT2D eigenvalue weighted by Crippen LogP contribution is -2.28. The number of carboxylic acid groups (broad SMARTS) is 1. The lowest BCUT2D eigenvalue weighted by molar-refractivity contribution is 0.0694. The van der Waals surface area contributed by atoms with E-state index in [4.69, 9.17) is 5.11 Å². The molecule has 0 saturated heterocycles. The van der Waals surface area contributed by atoms with Crippen LogP contribution in [0, 0.1) is 0 Å². The molecular formula is C13H21N3O2. The molecule has 1 fully saturated rings. The van der Waals surface area contributed by atoms with Crippen molar-refractivity contribution in [2.24, 2.45) is 7.05 Å². The Hall–Kier alpha value is -1.36. The summed E-state index contributed by atoms with van der Waals surface area (Å²) in [5.41, 5.74) is 1.14. The highest BCUT2D eigenvalue weighted by atomic mass is 16.4. The first-order valence-electron chi connectivity index (χ1n) is 6.61. The Morgan fingerprint density at radius 1 is 1.61 bits per heavy atom. The van der Waals surface area contributed by atoms with Crippen LogP contribution >= 0.6 is 0 Å².